The molecule has 0 aliphatic carbocycles. The lowest BCUT2D eigenvalue weighted by atomic mass is 10.0. The number of halogens is 3. The molecule has 2 heterocycles. The maximum atomic E-state index is 13.0. The van der Waals surface area contributed by atoms with Gasteiger partial charge in [0.2, 0.25) is 0 Å². The van der Waals surface area contributed by atoms with Gasteiger partial charge < -0.3 is 5.73 Å². The molecule has 3 rings (SSSR count). The minimum Gasteiger partial charge on any atom is -0.385 e. The van der Waals surface area contributed by atoms with Gasteiger partial charge in [-0.05, 0) is 23.8 Å². The Kier molecular flexibility index (Phi) is 3.08. The predicted molar refractivity (Wildman–Crippen MR) is 73.9 cm³/mol. The fourth-order valence-electron chi connectivity index (χ4n) is 2.31. The van der Waals surface area contributed by atoms with E-state index in [2.05, 4.69) is 4.98 Å². The number of aromatic nitrogens is 2. The zero-order chi connectivity index (χ0) is 15.0. The van der Waals surface area contributed by atoms with E-state index >= 15 is 0 Å². The molecular formula is C15H12F3N3. The first kappa shape index (κ1) is 13.5. The molecule has 2 N–H and O–H groups in total. The number of anilines is 1. The summed E-state index contributed by atoms with van der Waals surface area (Å²) in [5, 5.41) is 0. The van der Waals surface area contributed by atoms with Crippen LogP contribution in [0.5, 0.6) is 0 Å². The second kappa shape index (κ2) is 4.80. The molecule has 0 amide bonds. The summed E-state index contributed by atoms with van der Waals surface area (Å²) in [6.45, 7) is 0. The summed E-state index contributed by atoms with van der Waals surface area (Å²) in [5.74, 6) is 0.496. The smallest absolute Gasteiger partial charge is 0.385 e. The van der Waals surface area contributed by atoms with Crippen LogP contribution in [0.4, 0.5) is 19.0 Å². The largest absolute Gasteiger partial charge is 0.416 e. The Morgan fingerprint density at radius 1 is 1.05 bits per heavy atom. The van der Waals surface area contributed by atoms with Crippen molar-refractivity contribution in [3.05, 3.63) is 65.5 Å². The maximum absolute atomic E-state index is 13.0. The van der Waals surface area contributed by atoms with Gasteiger partial charge in [-0.25, -0.2) is 4.98 Å². The van der Waals surface area contributed by atoms with Crippen molar-refractivity contribution in [3.8, 4) is 0 Å². The quantitative estimate of drug-likeness (QED) is 0.785. The maximum Gasteiger partial charge on any atom is 0.416 e. The molecule has 2 aromatic heterocycles. The highest BCUT2D eigenvalue weighted by Gasteiger charge is 2.32. The highest BCUT2D eigenvalue weighted by Crippen LogP contribution is 2.32. The summed E-state index contributed by atoms with van der Waals surface area (Å²) in [7, 11) is 0. The first-order valence-electron chi connectivity index (χ1n) is 6.33. The minimum atomic E-state index is -4.37. The van der Waals surface area contributed by atoms with Gasteiger partial charge >= 0.3 is 6.18 Å². The van der Waals surface area contributed by atoms with Crippen molar-refractivity contribution >= 4 is 11.5 Å². The molecule has 3 nitrogen and oxygen atoms in total. The standard InChI is InChI=1S/C15H12F3N3/c16-15(17,18)12-5-2-1-4-10(12)8-11-9-21-13(19)6-3-7-14(21)20-11/h1-7,9H,8,19H2. The number of nitrogens with two attached hydrogens (primary N) is 1. The van der Waals surface area contributed by atoms with Crippen molar-refractivity contribution in [2.24, 2.45) is 0 Å². The zero-order valence-corrected chi connectivity index (χ0v) is 10.9. The Morgan fingerprint density at radius 3 is 2.52 bits per heavy atom. The Bertz CT molecular complexity index is 790. The summed E-state index contributed by atoms with van der Waals surface area (Å²) in [6.07, 6.45) is -2.59. The molecule has 0 atom stereocenters. The molecule has 0 spiro atoms. The summed E-state index contributed by atoms with van der Waals surface area (Å²) in [6, 6.07) is 10.8. The highest BCUT2D eigenvalue weighted by molar-refractivity contribution is 5.49. The van der Waals surface area contributed by atoms with Crippen LogP contribution in [0.25, 0.3) is 5.65 Å². The summed E-state index contributed by atoms with van der Waals surface area (Å²) in [5.41, 5.74) is 6.54. The normalized spacial score (nSPS) is 12.0. The Balaban J connectivity index is 2.01. The third-order valence-corrected chi connectivity index (χ3v) is 3.27. The van der Waals surface area contributed by atoms with Crippen molar-refractivity contribution in [1.82, 2.24) is 9.38 Å². The molecule has 0 fully saturated rings. The number of fused-ring (bicyclic) bond motifs is 1. The number of hydrogen-bond acceptors (Lipinski definition) is 2. The van der Waals surface area contributed by atoms with Crippen LogP contribution in [0.15, 0.2) is 48.7 Å². The molecule has 3 aromatic rings. The van der Waals surface area contributed by atoms with Crippen LogP contribution in [0.2, 0.25) is 0 Å². The van der Waals surface area contributed by atoms with E-state index in [4.69, 9.17) is 5.73 Å². The Labute approximate surface area is 118 Å². The Hall–Kier alpha value is -2.50. The molecule has 108 valence electrons. The number of rotatable bonds is 2. The van der Waals surface area contributed by atoms with Gasteiger partial charge in [-0.2, -0.15) is 13.2 Å². The first-order valence-corrected chi connectivity index (χ1v) is 6.33. The average Bonchev–Trinajstić information content (AvgIpc) is 2.82. The van der Waals surface area contributed by atoms with Gasteiger partial charge in [0.1, 0.15) is 11.5 Å². The molecule has 0 radical (unpaired) electrons. The lowest BCUT2D eigenvalue weighted by Gasteiger charge is -2.11. The average molecular weight is 291 g/mol. The van der Waals surface area contributed by atoms with Gasteiger partial charge in [0.25, 0.3) is 0 Å². The van der Waals surface area contributed by atoms with E-state index in [1.165, 1.54) is 12.1 Å². The fourth-order valence-corrected chi connectivity index (χ4v) is 2.31. The van der Waals surface area contributed by atoms with Crippen LogP contribution < -0.4 is 5.73 Å². The predicted octanol–water partition coefficient (Wildman–Crippen LogP) is 3.53. The van der Waals surface area contributed by atoms with Crippen LogP contribution in [0.3, 0.4) is 0 Å². The molecule has 0 bridgehead atoms. The molecule has 1 aromatic carbocycles. The van der Waals surface area contributed by atoms with E-state index in [0.29, 0.717) is 17.2 Å². The van der Waals surface area contributed by atoms with Gasteiger partial charge in [0, 0.05) is 12.6 Å². The zero-order valence-electron chi connectivity index (χ0n) is 10.9. The summed E-state index contributed by atoms with van der Waals surface area (Å²) >= 11 is 0. The van der Waals surface area contributed by atoms with E-state index in [9.17, 15) is 13.2 Å². The van der Waals surface area contributed by atoms with Gasteiger partial charge in [0.15, 0.2) is 0 Å². The van der Waals surface area contributed by atoms with Gasteiger partial charge in [-0.3, -0.25) is 4.40 Å². The lowest BCUT2D eigenvalue weighted by molar-refractivity contribution is -0.138. The fraction of sp³-hybridized carbons (Fsp3) is 0.133. The molecule has 0 aliphatic rings. The van der Waals surface area contributed by atoms with Crippen molar-refractivity contribution in [2.45, 2.75) is 12.6 Å². The number of alkyl halides is 3. The molecule has 0 saturated carbocycles. The number of nitrogen functional groups attached to an aromatic ring is 1. The number of nitrogens with zero attached hydrogens (tertiary/aromatic N) is 2. The second-order valence-corrected chi connectivity index (χ2v) is 4.74. The third-order valence-electron chi connectivity index (χ3n) is 3.27. The van der Waals surface area contributed by atoms with Crippen molar-refractivity contribution in [2.75, 3.05) is 5.73 Å². The van der Waals surface area contributed by atoms with E-state index in [-0.39, 0.29) is 12.0 Å². The number of hydrogen-bond donors (Lipinski definition) is 1. The van der Waals surface area contributed by atoms with E-state index in [0.717, 1.165) is 6.07 Å². The van der Waals surface area contributed by atoms with Crippen LogP contribution >= 0.6 is 0 Å². The minimum absolute atomic E-state index is 0.108. The highest BCUT2D eigenvalue weighted by atomic mass is 19.4. The van der Waals surface area contributed by atoms with Gasteiger partial charge in [-0.1, -0.05) is 24.3 Å². The summed E-state index contributed by atoms with van der Waals surface area (Å²) in [4.78, 5) is 4.31. The Morgan fingerprint density at radius 2 is 1.81 bits per heavy atom. The van der Waals surface area contributed by atoms with Gasteiger partial charge in [0.05, 0.1) is 11.3 Å². The lowest BCUT2D eigenvalue weighted by Crippen LogP contribution is -2.09. The number of pyridine rings is 1. The molecular weight excluding hydrogens is 279 g/mol. The first-order chi connectivity index (χ1) is 9.95. The van der Waals surface area contributed by atoms with Gasteiger partial charge in [-0.15, -0.1) is 0 Å². The monoisotopic (exact) mass is 291 g/mol. The van der Waals surface area contributed by atoms with Crippen molar-refractivity contribution < 1.29 is 13.2 Å². The van der Waals surface area contributed by atoms with Crippen molar-refractivity contribution in [3.63, 3.8) is 0 Å². The van der Waals surface area contributed by atoms with Crippen LogP contribution in [0, 0.1) is 0 Å². The molecule has 0 saturated heterocycles. The molecule has 0 aliphatic heterocycles. The molecule has 6 heteroatoms. The topological polar surface area (TPSA) is 43.3 Å². The third kappa shape index (κ3) is 2.56. The SMILES string of the molecule is Nc1cccc2nc(Cc3ccccc3C(F)(F)F)cn12. The van der Waals surface area contributed by atoms with Crippen LogP contribution in [-0.4, -0.2) is 9.38 Å². The molecule has 21 heavy (non-hydrogen) atoms. The van der Waals surface area contributed by atoms with E-state index in [1.807, 2.05) is 0 Å². The van der Waals surface area contributed by atoms with Crippen molar-refractivity contribution in [1.29, 1.82) is 0 Å². The van der Waals surface area contributed by atoms with Crippen LogP contribution in [0.1, 0.15) is 16.8 Å². The number of imidazole rings is 1. The number of benzene rings is 1. The van der Waals surface area contributed by atoms with E-state index < -0.39 is 11.7 Å². The second-order valence-electron chi connectivity index (χ2n) is 4.74. The van der Waals surface area contributed by atoms with E-state index in [1.54, 1.807) is 34.9 Å². The van der Waals surface area contributed by atoms with Crippen LogP contribution in [-0.2, 0) is 12.6 Å². The molecule has 0 unspecified atom stereocenters. The summed E-state index contributed by atoms with van der Waals surface area (Å²) < 4.78 is 40.6.